The number of hydrogen-bond acceptors (Lipinski definition) is 4. The van der Waals surface area contributed by atoms with Crippen molar-refractivity contribution in [1.82, 2.24) is 4.31 Å². The number of ether oxygens (including phenoxy) is 1. The first-order valence-corrected chi connectivity index (χ1v) is 11.9. The van der Waals surface area contributed by atoms with Gasteiger partial charge >= 0.3 is 0 Å². The van der Waals surface area contributed by atoms with Crippen molar-refractivity contribution in [3.05, 3.63) is 52.5 Å². The molecular weight excluding hydrogens is 456 g/mol. The van der Waals surface area contributed by atoms with Crippen molar-refractivity contribution in [2.75, 3.05) is 18.4 Å². The zero-order chi connectivity index (χ0) is 21.0. The van der Waals surface area contributed by atoms with E-state index in [1.807, 2.05) is 13.8 Å². The molecule has 1 N–H and O–H groups in total. The van der Waals surface area contributed by atoms with E-state index >= 15 is 0 Å². The number of amides is 1. The van der Waals surface area contributed by atoms with Crippen LogP contribution in [0.1, 0.15) is 43.5 Å². The first-order chi connectivity index (χ1) is 13.8. The van der Waals surface area contributed by atoms with Crippen LogP contribution in [0, 0.1) is 0 Å². The summed E-state index contributed by atoms with van der Waals surface area (Å²) in [7, 11) is -3.48. The molecule has 1 fully saturated rings. The van der Waals surface area contributed by atoms with Gasteiger partial charge in [-0.3, -0.25) is 4.79 Å². The molecule has 2 aromatic carbocycles. The molecule has 0 unspecified atom stereocenters. The summed E-state index contributed by atoms with van der Waals surface area (Å²) in [6.07, 6.45) is 2.89. The van der Waals surface area contributed by atoms with E-state index in [4.69, 9.17) is 4.74 Å². The lowest BCUT2D eigenvalue weighted by atomic mass is 10.2. The lowest BCUT2D eigenvalue weighted by Crippen LogP contribution is -2.35. The molecule has 0 radical (unpaired) electrons. The minimum Gasteiger partial charge on any atom is -0.490 e. The summed E-state index contributed by atoms with van der Waals surface area (Å²) in [5, 5.41) is 2.79. The van der Waals surface area contributed by atoms with Crippen molar-refractivity contribution in [3.8, 4) is 5.75 Å². The van der Waals surface area contributed by atoms with Crippen LogP contribution in [-0.2, 0) is 10.0 Å². The van der Waals surface area contributed by atoms with Gasteiger partial charge in [-0.05, 0) is 85.1 Å². The lowest BCUT2D eigenvalue weighted by molar-refractivity contribution is 0.102. The van der Waals surface area contributed by atoms with Crippen molar-refractivity contribution in [1.29, 1.82) is 0 Å². The smallest absolute Gasteiger partial charge is 0.255 e. The number of sulfonamides is 1. The highest BCUT2D eigenvalue weighted by atomic mass is 79.9. The van der Waals surface area contributed by atoms with Crippen molar-refractivity contribution < 1.29 is 17.9 Å². The number of benzene rings is 2. The highest BCUT2D eigenvalue weighted by Crippen LogP contribution is 2.27. The van der Waals surface area contributed by atoms with E-state index in [1.54, 1.807) is 30.3 Å². The molecule has 6 nitrogen and oxygen atoms in total. The van der Waals surface area contributed by atoms with Crippen molar-refractivity contribution in [2.45, 2.75) is 44.1 Å². The summed E-state index contributed by atoms with van der Waals surface area (Å²) < 4.78 is 33.3. The van der Waals surface area contributed by atoms with E-state index < -0.39 is 10.0 Å². The number of rotatable bonds is 6. The molecule has 0 aliphatic carbocycles. The van der Waals surface area contributed by atoms with Crippen LogP contribution in [0.5, 0.6) is 5.75 Å². The van der Waals surface area contributed by atoms with E-state index in [9.17, 15) is 13.2 Å². The van der Waals surface area contributed by atoms with Gasteiger partial charge in [0.2, 0.25) is 10.0 Å². The van der Waals surface area contributed by atoms with Crippen LogP contribution in [0.25, 0.3) is 0 Å². The van der Waals surface area contributed by atoms with Crippen LogP contribution >= 0.6 is 15.9 Å². The first-order valence-electron chi connectivity index (χ1n) is 9.65. The Morgan fingerprint density at radius 1 is 1.07 bits per heavy atom. The lowest BCUT2D eigenvalue weighted by Gasteiger charge is -2.25. The zero-order valence-corrected chi connectivity index (χ0v) is 18.9. The van der Waals surface area contributed by atoms with Gasteiger partial charge in [-0.2, -0.15) is 4.31 Å². The van der Waals surface area contributed by atoms with Crippen molar-refractivity contribution in [2.24, 2.45) is 0 Å². The van der Waals surface area contributed by atoms with Crippen molar-refractivity contribution >= 4 is 37.5 Å². The van der Waals surface area contributed by atoms with Gasteiger partial charge in [-0.25, -0.2) is 8.42 Å². The van der Waals surface area contributed by atoms with Gasteiger partial charge in [-0.1, -0.05) is 6.42 Å². The predicted octanol–water partition coefficient (Wildman–Crippen LogP) is 4.66. The second-order valence-electron chi connectivity index (χ2n) is 7.26. The maximum absolute atomic E-state index is 12.7. The van der Waals surface area contributed by atoms with Gasteiger partial charge in [0.15, 0.2) is 0 Å². The summed E-state index contributed by atoms with van der Waals surface area (Å²) in [4.78, 5) is 12.8. The molecule has 0 atom stereocenters. The van der Waals surface area contributed by atoms with Crippen LogP contribution in [0.4, 0.5) is 5.69 Å². The highest BCUT2D eigenvalue weighted by molar-refractivity contribution is 9.10. The molecule has 1 amide bonds. The van der Waals surface area contributed by atoms with E-state index in [1.165, 1.54) is 16.4 Å². The minimum absolute atomic E-state index is 0.0331. The molecule has 0 saturated carbocycles. The molecule has 0 spiro atoms. The number of piperidine rings is 1. The normalized spacial score (nSPS) is 15.3. The van der Waals surface area contributed by atoms with E-state index in [2.05, 4.69) is 21.2 Å². The Kier molecular flexibility index (Phi) is 6.97. The number of carbonyl (C=O) groups excluding carboxylic acids is 1. The number of halogens is 1. The molecule has 3 rings (SSSR count). The standard InChI is InChI=1S/C21H25BrN2O4S/c1-15(2)28-20-11-6-16(14-19(20)22)21(25)23-17-7-9-18(10-8-17)29(26,27)24-12-4-3-5-13-24/h6-11,14-15H,3-5,12-13H2,1-2H3,(H,23,25). The van der Waals surface area contributed by atoms with Crippen LogP contribution in [0.3, 0.4) is 0 Å². The van der Waals surface area contributed by atoms with Gasteiger partial charge in [0.25, 0.3) is 5.91 Å². The summed E-state index contributed by atoms with van der Waals surface area (Å²) in [6.45, 7) is 4.99. The van der Waals surface area contributed by atoms with Gasteiger partial charge in [0.1, 0.15) is 5.75 Å². The summed E-state index contributed by atoms with van der Waals surface area (Å²) >= 11 is 3.42. The fourth-order valence-corrected chi connectivity index (χ4v) is 5.15. The fourth-order valence-electron chi connectivity index (χ4n) is 3.16. The van der Waals surface area contributed by atoms with E-state index in [-0.39, 0.29) is 16.9 Å². The average molecular weight is 481 g/mol. The summed E-state index contributed by atoms with van der Waals surface area (Å²) in [5.41, 5.74) is 1.00. The molecule has 8 heteroatoms. The fraction of sp³-hybridized carbons (Fsp3) is 0.381. The monoisotopic (exact) mass is 480 g/mol. The molecule has 1 aliphatic rings. The number of nitrogens with one attached hydrogen (secondary N) is 1. The molecular formula is C21H25BrN2O4S. The van der Waals surface area contributed by atoms with Gasteiger partial charge in [-0.15, -0.1) is 0 Å². The Labute approximate surface area is 180 Å². The Balaban J connectivity index is 1.69. The second kappa shape index (κ2) is 9.28. The van der Waals surface area contributed by atoms with E-state index in [0.717, 1.165) is 19.3 Å². The van der Waals surface area contributed by atoms with Crippen molar-refractivity contribution in [3.63, 3.8) is 0 Å². The van der Waals surface area contributed by atoms with Gasteiger partial charge in [0.05, 0.1) is 15.5 Å². The SMILES string of the molecule is CC(C)Oc1ccc(C(=O)Nc2ccc(S(=O)(=O)N3CCCCC3)cc2)cc1Br. The minimum atomic E-state index is -3.48. The first kappa shape index (κ1) is 21.8. The Hall–Kier alpha value is -1.90. The Morgan fingerprint density at radius 3 is 2.31 bits per heavy atom. The van der Waals surface area contributed by atoms with E-state index in [0.29, 0.717) is 34.6 Å². The second-order valence-corrected chi connectivity index (χ2v) is 10.0. The number of nitrogens with zero attached hydrogens (tertiary/aromatic N) is 1. The van der Waals surface area contributed by atoms with Gasteiger partial charge < -0.3 is 10.1 Å². The predicted molar refractivity (Wildman–Crippen MR) is 117 cm³/mol. The molecule has 1 aliphatic heterocycles. The maximum Gasteiger partial charge on any atom is 0.255 e. The number of anilines is 1. The van der Waals surface area contributed by atoms with Crippen LogP contribution in [0.2, 0.25) is 0 Å². The van der Waals surface area contributed by atoms with Crippen LogP contribution in [-0.4, -0.2) is 37.8 Å². The van der Waals surface area contributed by atoms with Crippen LogP contribution < -0.4 is 10.1 Å². The maximum atomic E-state index is 12.7. The molecule has 2 aromatic rings. The van der Waals surface area contributed by atoms with Crippen LogP contribution in [0.15, 0.2) is 51.8 Å². The highest BCUT2D eigenvalue weighted by Gasteiger charge is 2.25. The average Bonchev–Trinajstić information content (AvgIpc) is 2.70. The molecule has 1 saturated heterocycles. The zero-order valence-electron chi connectivity index (χ0n) is 16.5. The Morgan fingerprint density at radius 2 is 1.72 bits per heavy atom. The summed E-state index contributed by atoms with van der Waals surface area (Å²) in [6, 6.07) is 11.4. The van der Waals surface area contributed by atoms with Gasteiger partial charge in [0, 0.05) is 24.3 Å². The summed E-state index contributed by atoms with van der Waals surface area (Å²) in [5.74, 6) is 0.386. The number of carbonyl (C=O) groups is 1. The molecule has 0 bridgehead atoms. The third-order valence-corrected chi connectivity index (χ3v) is 7.15. The topological polar surface area (TPSA) is 75.7 Å². The molecule has 156 valence electrons. The quantitative estimate of drug-likeness (QED) is 0.651. The third kappa shape index (κ3) is 5.38. The largest absolute Gasteiger partial charge is 0.490 e. The third-order valence-electron chi connectivity index (χ3n) is 4.62. The molecule has 29 heavy (non-hydrogen) atoms. The molecule has 1 heterocycles. The molecule has 0 aromatic heterocycles. The number of hydrogen-bond donors (Lipinski definition) is 1. The Bertz CT molecular complexity index is 969.